The molecule has 27 heavy (non-hydrogen) atoms. The van der Waals surface area contributed by atoms with E-state index in [1.165, 1.54) is 0 Å². The summed E-state index contributed by atoms with van der Waals surface area (Å²) in [5.74, 6) is 2.42. The second-order valence-electron chi connectivity index (χ2n) is 7.45. The number of aliphatic hydroxyl groups excluding tert-OH is 1. The maximum Gasteiger partial charge on any atom is 0.223 e. The summed E-state index contributed by atoms with van der Waals surface area (Å²) in [7, 11) is 1.73. The monoisotopic (exact) mass is 393 g/mol. The van der Waals surface area contributed by atoms with Crippen LogP contribution in [0.3, 0.4) is 0 Å². The van der Waals surface area contributed by atoms with Crippen molar-refractivity contribution >= 4 is 17.7 Å². The first-order valence-electron chi connectivity index (χ1n) is 9.66. The van der Waals surface area contributed by atoms with Crippen molar-refractivity contribution in [1.29, 1.82) is 0 Å². The zero-order valence-corrected chi connectivity index (χ0v) is 16.5. The molecule has 0 bridgehead atoms. The second kappa shape index (κ2) is 7.89. The zero-order chi connectivity index (χ0) is 18.9. The first-order valence-corrected chi connectivity index (χ1v) is 10.6. The van der Waals surface area contributed by atoms with Crippen LogP contribution in [-0.4, -0.2) is 66.3 Å². The van der Waals surface area contributed by atoms with E-state index >= 15 is 0 Å². The van der Waals surface area contributed by atoms with Crippen LogP contribution in [0.5, 0.6) is 11.5 Å². The highest BCUT2D eigenvalue weighted by Gasteiger charge is 2.52. The van der Waals surface area contributed by atoms with Gasteiger partial charge < -0.3 is 24.2 Å². The van der Waals surface area contributed by atoms with Crippen LogP contribution in [0.25, 0.3) is 0 Å². The molecule has 1 amide bonds. The Morgan fingerprint density at radius 2 is 2.15 bits per heavy atom. The van der Waals surface area contributed by atoms with Gasteiger partial charge in [-0.2, -0.15) is 0 Å². The molecule has 1 N–H and O–H groups in total. The predicted molar refractivity (Wildman–Crippen MR) is 102 cm³/mol. The van der Waals surface area contributed by atoms with Gasteiger partial charge >= 0.3 is 0 Å². The van der Waals surface area contributed by atoms with Gasteiger partial charge in [0.25, 0.3) is 0 Å². The second-order valence-corrected chi connectivity index (χ2v) is 8.62. The van der Waals surface area contributed by atoms with Gasteiger partial charge in [0.1, 0.15) is 13.2 Å². The van der Waals surface area contributed by atoms with Gasteiger partial charge in [-0.15, -0.1) is 11.8 Å². The van der Waals surface area contributed by atoms with E-state index in [1.54, 1.807) is 18.9 Å². The lowest BCUT2D eigenvalue weighted by molar-refractivity contribution is -0.139. The number of likely N-dealkylation sites (tertiary alicyclic amines) is 1. The average molecular weight is 394 g/mol. The van der Waals surface area contributed by atoms with Crippen molar-refractivity contribution in [3.05, 3.63) is 18.2 Å². The van der Waals surface area contributed by atoms with Gasteiger partial charge in [-0.3, -0.25) is 4.79 Å². The fourth-order valence-electron chi connectivity index (χ4n) is 4.49. The van der Waals surface area contributed by atoms with Crippen molar-refractivity contribution in [3.8, 4) is 11.5 Å². The van der Waals surface area contributed by atoms with Gasteiger partial charge in [0.15, 0.2) is 11.5 Å². The number of fused-ring (bicyclic) bond motifs is 2. The van der Waals surface area contributed by atoms with E-state index in [0.717, 1.165) is 42.2 Å². The van der Waals surface area contributed by atoms with Crippen molar-refractivity contribution in [1.82, 2.24) is 4.90 Å². The molecule has 1 aromatic carbocycles. The predicted octanol–water partition coefficient (Wildman–Crippen LogP) is 2.47. The first kappa shape index (κ1) is 18.9. The van der Waals surface area contributed by atoms with Crippen LogP contribution in [0.15, 0.2) is 23.1 Å². The fraction of sp³-hybridized carbons (Fsp3) is 0.650. The lowest BCUT2D eigenvalue weighted by Crippen LogP contribution is -2.52. The Bertz CT molecular complexity index is 699. The highest BCUT2D eigenvalue weighted by Crippen LogP contribution is 2.42. The Labute approximate surface area is 164 Å². The van der Waals surface area contributed by atoms with E-state index in [-0.39, 0.29) is 23.7 Å². The van der Waals surface area contributed by atoms with E-state index < -0.39 is 0 Å². The van der Waals surface area contributed by atoms with Gasteiger partial charge in [-0.1, -0.05) is 0 Å². The number of methoxy groups -OCH3 is 1. The summed E-state index contributed by atoms with van der Waals surface area (Å²) in [6.45, 7) is 1.88. The van der Waals surface area contributed by atoms with E-state index in [9.17, 15) is 9.90 Å². The van der Waals surface area contributed by atoms with Gasteiger partial charge in [-0.05, 0) is 43.9 Å². The summed E-state index contributed by atoms with van der Waals surface area (Å²) < 4.78 is 17.0. The Hall–Kier alpha value is -1.44. The molecule has 148 valence electrons. The summed E-state index contributed by atoms with van der Waals surface area (Å²) in [5.41, 5.74) is -0.266. The third-order valence-corrected chi connectivity index (χ3v) is 6.98. The molecule has 0 unspecified atom stereocenters. The average Bonchev–Trinajstić information content (AvgIpc) is 3.07. The number of amides is 1. The fourth-order valence-corrected chi connectivity index (χ4v) is 5.36. The molecule has 2 heterocycles. The molecule has 0 radical (unpaired) electrons. The standard InChI is InChI=1S/C20H27NO5S/c1-24-20-6-4-14(22)12-18(20)21(8-7-20)19(23)5-11-27-15-2-3-16-17(13-15)26-10-9-25-16/h2-3,13-14,18,22H,4-12H2,1H3/t14-,18+,20-/m1/s1. The minimum Gasteiger partial charge on any atom is -0.486 e. The van der Waals surface area contributed by atoms with Gasteiger partial charge in [0.2, 0.25) is 5.91 Å². The van der Waals surface area contributed by atoms with Crippen LogP contribution in [0.4, 0.5) is 0 Å². The van der Waals surface area contributed by atoms with E-state index in [0.29, 0.717) is 31.8 Å². The van der Waals surface area contributed by atoms with Gasteiger partial charge in [-0.25, -0.2) is 0 Å². The van der Waals surface area contributed by atoms with E-state index in [2.05, 4.69) is 0 Å². The van der Waals surface area contributed by atoms with Crippen LogP contribution >= 0.6 is 11.8 Å². The van der Waals surface area contributed by atoms with Crippen LogP contribution in [0, 0.1) is 0 Å². The Morgan fingerprint density at radius 1 is 1.33 bits per heavy atom. The largest absolute Gasteiger partial charge is 0.486 e. The van der Waals surface area contributed by atoms with Crippen LogP contribution in [-0.2, 0) is 9.53 Å². The summed E-state index contributed by atoms with van der Waals surface area (Å²) in [6.07, 6.45) is 3.21. The quantitative estimate of drug-likeness (QED) is 0.775. The Morgan fingerprint density at radius 3 is 2.96 bits per heavy atom. The van der Waals surface area contributed by atoms with Crippen molar-refractivity contribution in [3.63, 3.8) is 0 Å². The highest BCUT2D eigenvalue weighted by atomic mass is 32.2. The third-order valence-electron chi connectivity index (χ3n) is 5.98. The number of thioether (sulfide) groups is 1. The molecule has 4 rings (SSSR count). The molecule has 3 aliphatic rings. The number of carbonyl (C=O) groups is 1. The molecule has 2 fully saturated rings. The number of ether oxygens (including phenoxy) is 3. The van der Waals surface area contributed by atoms with Crippen LogP contribution in [0.2, 0.25) is 0 Å². The summed E-state index contributed by atoms with van der Waals surface area (Å²) in [6, 6.07) is 5.91. The molecule has 1 aliphatic carbocycles. The van der Waals surface area contributed by atoms with Gasteiger partial charge in [0, 0.05) is 30.7 Å². The summed E-state index contributed by atoms with van der Waals surface area (Å²) in [4.78, 5) is 15.8. The van der Waals surface area contributed by atoms with Crippen LogP contribution in [0.1, 0.15) is 32.1 Å². The molecule has 7 heteroatoms. The molecule has 0 spiro atoms. The molecule has 2 aliphatic heterocycles. The topological polar surface area (TPSA) is 68.2 Å². The lowest BCUT2D eigenvalue weighted by Gasteiger charge is -2.42. The number of nitrogens with zero attached hydrogens (tertiary/aromatic N) is 1. The maximum absolute atomic E-state index is 12.8. The minimum atomic E-state index is -0.334. The molecular weight excluding hydrogens is 366 g/mol. The molecule has 1 saturated carbocycles. The smallest absolute Gasteiger partial charge is 0.223 e. The summed E-state index contributed by atoms with van der Waals surface area (Å²) >= 11 is 1.65. The number of carbonyl (C=O) groups excluding carboxylic acids is 1. The molecule has 6 nitrogen and oxygen atoms in total. The SMILES string of the molecule is CO[C@@]12CC[C@@H](O)C[C@@H]1N(C(=O)CCSc1ccc3c(c1)OCCO3)CC2. The Kier molecular flexibility index (Phi) is 5.53. The van der Waals surface area contributed by atoms with Crippen molar-refractivity contribution in [2.45, 2.75) is 54.7 Å². The number of hydrogen-bond donors (Lipinski definition) is 1. The van der Waals surface area contributed by atoms with Crippen molar-refractivity contribution < 1.29 is 24.1 Å². The Balaban J connectivity index is 1.33. The highest BCUT2D eigenvalue weighted by molar-refractivity contribution is 7.99. The molecule has 3 atom stereocenters. The summed E-state index contributed by atoms with van der Waals surface area (Å²) in [5, 5.41) is 10.1. The molecular formula is C20H27NO5S. The zero-order valence-electron chi connectivity index (χ0n) is 15.7. The first-order chi connectivity index (χ1) is 13.1. The number of rotatable bonds is 5. The number of benzene rings is 1. The number of aliphatic hydroxyl groups is 1. The van der Waals surface area contributed by atoms with Crippen molar-refractivity contribution in [2.75, 3.05) is 32.6 Å². The maximum atomic E-state index is 12.8. The van der Waals surface area contributed by atoms with E-state index in [1.807, 2.05) is 23.1 Å². The minimum absolute atomic E-state index is 0.00181. The number of hydrogen-bond acceptors (Lipinski definition) is 6. The van der Waals surface area contributed by atoms with E-state index in [4.69, 9.17) is 14.2 Å². The van der Waals surface area contributed by atoms with Gasteiger partial charge in [0.05, 0.1) is 17.7 Å². The third kappa shape index (κ3) is 3.77. The van der Waals surface area contributed by atoms with Crippen LogP contribution < -0.4 is 9.47 Å². The molecule has 0 aromatic heterocycles. The molecule has 1 saturated heterocycles. The molecule has 1 aromatic rings. The normalized spacial score (nSPS) is 29.5. The van der Waals surface area contributed by atoms with Crippen molar-refractivity contribution in [2.24, 2.45) is 0 Å². The lowest BCUT2D eigenvalue weighted by atomic mass is 9.79.